The van der Waals surface area contributed by atoms with Crippen LogP contribution in [0.5, 0.6) is 17.2 Å². The first kappa shape index (κ1) is 21.0. The number of rotatable bonds is 9. The molecule has 0 aromatic heterocycles. The Morgan fingerprint density at radius 3 is 2.62 bits per heavy atom. The van der Waals surface area contributed by atoms with E-state index in [4.69, 9.17) is 14.2 Å². The minimum Gasteiger partial charge on any atom is -0.493 e. The lowest BCUT2D eigenvalue weighted by Crippen LogP contribution is -2.40. The lowest BCUT2D eigenvalue weighted by Gasteiger charge is -2.29. The van der Waals surface area contributed by atoms with Gasteiger partial charge in [0.15, 0.2) is 18.2 Å². The van der Waals surface area contributed by atoms with Crippen LogP contribution in [0.1, 0.15) is 27.9 Å². The van der Waals surface area contributed by atoms with Gasteiger partial charge in [-0.05, 0) is 68.8 Å². The summed E-state index contributed by atoms with van der Waals surface area (Å²) in [6.45, 7) is 4.86. The second-order valence-electron chi connectivity index (χ2n) is 7.44. The molecule has 2 aromatic carbocycles. The van der Waals surface area contributed by atoms with Crippen LogP contribution in [0.2, 0.25) is 0 Å². The predicted molar refractivity (Wildman–Crippen MR) is 113 cm³/mol. The van der Waals surface area contributed by atoms with E-state index in [2.05, 4.69) is 18.0 Å². The number of hydrogen-bond acceptors (Lipinski definition) is 5. The predicted octanol–water partition coefficient (Wildman–Crippen LogP) is 3.37. The molecule has 0 saturated heterocycles. The highest BCUT2D eigenvalue weighted by Gasteiger charge is 2.25. The van der Waals surface area contributed by atoms with Crippen molar-refractivity contribution < 1.29 is 19.0 Å². The van der Waals surface area contributed by atoms with E-state index in [-0.39, 0.29) is 5.91 Å². The summed E-state index contributed by atoms with van der Waals surface area (Å²) in [4.78, 5) is 16.7. The molecule has 0 unspecified atom stereocenters. The van der Waals surface area contributed by atoms with Crippen LogP contribution >= 0.6 is 0 Å². The zero-order valence-electron chi connectivity index (χ0n) is 17.7. The highest BCUT2D eigenvalue weighted by atomic mass is 16.5. The van der Waals surface area contributed by atoms with Gasteiger partial charge in [-0.1, -0.05) is 12.1 Å². The second kappa shape index (κ2) is 9.65. The van der Waals surface area contributed by atoms with E-state index in [1.165, 1.54) is 5.56 Å². The normalized spacial score (nSPS) is 13.3. The van der Waals surface area contributed by atoms with Crippen molar-refractivity contribution in [2.75, 3.05) is 47.6 Å². The molecule has 1 aliphatic rings. The Hall–Kier alpha value is -2.73. The van der Waals surface area contributed by atoms with Crippen molar-refractivity contribution >= 4 is 5.91 Å². The number of likely N-dealkylation sites (N-methyl/N-ethyl adjacent to an activating group) is 1. The van der Waals surface area contributed by atoms with Crippen LogP contribution < -0.4 is 14.2 Å². The van der Waals surface area contributed by atoms with Gasteiger partial charge in [0.1, 0.15) is 5.75 Å². The number of fused-ring (bicyclic) bond motifs is 1. The van der Waals surface area contributed by atoms with Gasteiger partial charge in [0.2, 0.25) is 0 Å². The summed E-state index contributed by atoms with van der Waals surface area (Å²) < 4.78 is 16.4. The first-order chi connectivity index (χ1) is 14.0. The maximum atomic E-state index is 12.6. The summed E-state index contributed by atoms with van der Waals surface area (Å²) in [6, 6.07) is 11.8. The van der Waals surface area contributed by atoms with Crippen LogP contribution in [-0.2, 0) is 6.42 Å². The minimum absolute atomic E-state index is 0.0548. The van der Waals surface area contributed by atoms with Gasteiger partial charge in [-0.2, -0.15) is 0 Å². The quantitative estimate of drug-likeness (QED) is 0.648. The Morgan fingerprint density at radius 1 is 1.07 bits per heavy atom. The molecule has 0 fully saturated rings. The fourth-order valence-electron chi connectivity index (χ4n) is 3.47. The molecule has 0 aliphatic carbocycles. The van der Waals surface area contributed by atoms with Crippen molar-refractivity contribution in [2.24, 2.45) is 0 Å². The molecule has 156 valence electrons. The van der Waals surface area contributed by atoms with Gasteiger partial charge in [0.25, 0.3) is 5.91 Å². The number of carbonyl (C=O) groups excluding carboxylic acids is 1. The third kappa shape index (κ3) is 5.21. The van der Waals surface area contributed by atoms with Gasteiger partial charge < -0.3 is 24.0 Å². The van der Waals surface area contributed by atoms with Crippen molar-refractivity contribution in [3.05, 3.63) is 53.1 Å². The molecular formula is C23H30N2O4. The summed E-state index contributed by atoms with van der Waals surface area (Å²) in [5.41, 5.74) is 2.96. The van der Waals surface area contributed by atoms with Gasteiger partial charge in [-0.3, -0.25) is 4.79 Å². The summed E-state index contributed by atoms with van der Waals surface area (Å²) in [5, 5.41) is 0. The fraction of sp³-hybridized carbons (Fsp3) is 0.435. The van der Waals surface area contributed by atoms with Crippen molar-refractivity contribution in [1.29, 1.82) is 0 Å². The fourth-order valence-corrected chi connectivity index (χ4v) is 3.47. The van der Waals surface area contributed by atoms with Gasteiger partial charge in [0.05, 0.1) is 19.8 Å². The summed E-state index contributed by atoms with van der Waals surface area (Å²) in [7, 11) is 5.40. The molecule has 29 heavy (non-hydrogen) atoms. The molecular weight excluding hydrogens is 368 g/mol. The van der Waals surface area contributed by atoms with Crippen LogP contribution in [0.15, 0.2) is 36.4 Å². The zero-order valence-corrected chi connectivity index (χ0v) is 17.7. The van der Waals surface area contributed by atoms with Crippen LogP contribution in [0.25, 0.3) is 0 Å². The van der Waals surface area contributed by atoms with Gasteiger partial charge in [-0.15, -0.1) is 0 Å². The Bertz CT molecular complexity index is 853. The molecule has 1 heterocycles. The maximum absolute atomic E-state index is 12.6. The van der Waals surface area contributed by atoms with E-state index >= 15 is 0 Å². The third-order valence-corrected chi connectivity index (χ3v) is 5.23. The smallest absolute Gasteiger partial charge is 0.260 e. The molecule has 3 rings (SSSR count). The third-order valence-electron chi connectivity index (χ3n) is 5.23. The van der Waals surface area contributed by atoms with E-state index in [0.29, 0.717) is 24.6 Å². The van der Waals surface area contributed by atoms with Crippen LogP contribution in [0, 0.1) is 6.92 Å². The van der Waals surface area contributed by atoms with Crippen molar-refractivity contribution in [1.82, 2.24) is 9.80 Å². The molecule has 0 N–H and O–H groups in total. The Morgan fingerprint density at radius 2 is 1.86 bits per heavy atom. The van der Waals surface area contributed by atoms with Gasteiger partial charge in [0, 0.05) is 13.1 Å². The molecule has 0 saturated carbocycles. The Balaban J connectivity index is 1.44. The highest BCUT2D eigenvalue weighted by Crippen LogP contribution is 2.28. The van der Waals surface area contributed by atoms with Crippen molar-refractivity contribution in [3.8, 4) is 17.2 Å². The largest absolute Gasteiger partial charge is 0.493 e. The first-order valence-electron chi connectivity index (χ1n) is 9.94. The SMILES string of the molecule is COc1ccc(CCN(C)CCCN2COc3cc(C)ccc3C2=O)cc1OC. The van der Waals surface area contributed by atoms with E-state index in [1.807, 2.05) is 37.3 Å². The number of ether oxygens (including phenoxy) is 3. The molecule has 2 aromatic rings. The number of hydrogen-bond donors (Lipinski definition) is 0. The van der Waals surface area contributed by atoms with Crippen LogP contribution in [-0.4, -0.2) is 63.3 Å². The van der Waals surface area contributed by atoms with E-state index in [9.17, 15) is 4.79 Å². The zero-order chi connectivity index (χ0) is 20.8. The molecule has 6 heteroatoms. The number of aryl methyl sites for hydroxylation is 1. The average molecular weight is 399 g/mol. The number of amides is 1. The molecule has 0 atom stereocenters. The summed E-state index contributed by atoms with van der Waals surface area (Å²) in [6.07, 6.45) is 1.83. The molecule has 0 spiro atoms. The molecule has 0 radical (unpaired) electrons. The Labute approximate surface area is 173 Å². The number of carbonyl (C=O) groups is 1. The van der Waals surface area contributed by atoms with Crippen LogP contribution in [0.4, 0.5) is 0 Å². The molecule has 0 bridgehead atoms. The second-order valence-corrected chi connectivity index (χ2v) is 7.44. The van der Waals surface area contributed by atoms with E-state index in [0.717, 1.165) is 43.0 Å². The van der Waals surface area contributed by atoms with Crippen LogP contribution in [0.3, 0.4) is 0 Å². The average Bonchev–Trinajstić information content (AvgIpc) is 2.73. The van der Waals surface area contributed by atoms with Crippen molar-refractivity contribution in [2.45, 2.75) is 19.8 Å². The lowest BCUT2D eigenvalue weighted by molar-refractivity contribution is 0.0512. The highest BCUT2D eigenvalue weighted by molar-refractivity contribution is 5.97. The topological polar surface area (TPSA) is 51.2 Å². The van der Waals surface area contributed by atoms with Gasteiger partial charge in [-0.25, -0.2) is 0 Å². The standard InChI is InChI=1S/C23H30N2O4/c1-17-6-8-19-21(14-17)29-16-25(23(19)26)12-5-11-24(2)13-10-18-7-9-20(27-3)22(15-18)28-4/h6-9,14-15H,5,10-13,16H2,1-4H3. The monoisotopic (exact) mass is 398 g/mol. The number of nitrogens with zero attached hydrogens (tertiary/aromatic N) is 2. The number of methoxy groups -OCH3 is 2. The van der Waals surface area contributed by atoms with Crippen molar-refractivity contribution in [3.63, 3.8) is 0 Å². The minimum atomic E-state index is 0.0548. The van der Waals surface area contributed by atoms with E-state index < -0.39 is 0 Å². The molecule has 1 aliphatic heterocycles. The van der Waals surface area contributed by atoms with Gasteiger partial charge >= 0.3 is 0 Å². The Kier molecular flexibility index (Phi) is 6.99. The molecule has 1 amide bonds. The summed E-state index contributed by atoms with van der Waals surface area (Å²) >= 11 is 0. The lowest BCUT2D eigenvalue weighted by atomic mass is 10.1. The molecule has 6 nitrogen and oxygen atoms in total. The van der Waals surface area contributed by atoms with E-state index in [1.54, 1.807) is 19.1 Å². The first-order valence-corrected chi connectivity index (χ1v) is 9.94. The maximum Gasteiger partial charge on any atom is 0.260 e. The summed E-state index contributed by atoms with van der Waals surface area (Å²) in [5.74, 6) is 2.25. The number of benzene rings is 2.